The first-order valence-corrected chi connectivity index (χ1v) is 9.22. The number of hydrogen-bond donors (Lipinski definition) is 0. The van der Waals surface area contributed by atoms with Gasteiger partial charge in [-0.3, -0.25) is 0 Å². The van der Waals surface area contributed by atoms with Gasteiger partial charge in [0.05, 0.1) is 12.2 Å². The standard InChI is InChI=1S/C21H23N7/c1-16-13-17(2)28(25-16)20-10-9-19(23-24-20)26(3)15-21-22-11-12-27(21)14-18-7-5-4-6-8-18/h4-13H,14-15H2,1-3H3. The van der Waals surface area contributed by atoms with Crippen LogP contribution >= 0.6 is 0 Å². The van der Waals surface area contributed by atoms with E-state index in [1.54, 1.807) is 4.68 Å². The Bertz CT molecular complexity index is 1050. The third-order valence-corrected chi connectivity index (χ3v) is 4.63. The number of hydrogen-bond acceptors (Lipinski definition) is 5. The van der Waals surface area contributed by atoms with Crippen molar-refractivity contribution in [2.75, 3.05) is 11.9 Å². The molecule has 3 aromatic heterocycles. The minimum absolute atomic E-state index is 0.647. The maximum absolute atomic E-state index is 4.52. The normalized spacial score (nSPS) is 11.0. The Hall–Kier alpha value is -3.48. The summed E-state index contributed by atoms with van der Waals surface area (Å²) in [4.78, 5) is 6.56. The number of nitrogens with zero attached hydrogens (tertiary/aromatic N) is 7. The third kappa shape index (κ3) is 3.78. The van der Waals surface area contributed by atoms with Gasteiger partial charge in [-0.05, 0) is 37.6 Å². The van der Waals surface area contributed by atoms with Crippen LogP contribution < -0.4 is 4.90 Å². The van der Waals surface area contributed by atoms with Crippen LogP contribution in [0.4, 0.5) is 5.82 Å². The van der Waals surface area contributed by atoms with Crippen LogP contribution in [0.1, 0.15) is 22.8 Å². The largest absolute Gasteiger partial charge is 0.351 e. The van der Waals surface area contributed by atoms with Gasteiger partial charge in [-0.2, -0.15) is 5.10 Å². The SMILES string of the molecule is Cc1cc(C)n(-c2ccc(N(C)Cc3nccn3Cc3ccccc3)nn2)n1. The molecule has 0 saturated carbocycles. The maximum Gasteiger partial charge on any atom is 0.176 e. The lowest BCUT2D eigenvalue weighted by atomic mass is 10.2. The molecule has 0 aliphatic heterocycles. The van der Waals surface area contributed by atoms with E-state index >= 15 is 0 Å². The molecule has 0 fully saturated rings. The fourth-order valence-electron chi connectivity index (χ4n) is 3.20. The van der Waals surface area contributed by atoms with Gasteiger partial charge in [0, 0.05) is 31.7 Å². The highest BCUT2D eigenvalue weighted by molar-refractivity contribution is 5.39. The second kappa shape index (κ2) is 7.64. The van der Waals surface area contributed by atoms with E-state index in [9.17, 15) is 0 Å². The van der Waals surface area contributed by atoms with E-state index in [0.717, 1.165) is 29.6 Å². The molecule has 0 unspecified atom stereocenters. The molecule has 0 aliphatic carbocycles. The first-order valence-electron chi connectivity index (χ1n) is 9.22. The van der Waals surface area contributed by atoms with Crippen molar-refractivity contribution in [3.05, 3.63) is 83.7 Å². The van der Waals surface area contributed by atoms with Gasteiger partial charge in [0.25, 0.3) is 0 Å². The Labute approximate surface area is 164 Å². The van der Waals surface area contributed by atoms with E-state index in [2.05, 4.69) is 49.1 Å². The van der Waals surface area contributed by atoms with E-state index < -0.39 is 0 Å². The van der Waals surface area contributed by atoms with Crippen molar-refractivity contribution in [2.24, 2.45) is 0 Å². The van der Waals surface area contributed by atoms with Gasteiger partial charge < -0.3 is 9.47 Å². The molecule has 7 heteroatoms. The van der Waals surface area contributed by atoms with Gasteiger partial charge in [0.2, 0.25) is 0 Å². The summed E-state index contributed by atoms with van der Waals surface area (Å²) in [7, 11) is 1.99. The lowest BCUT2D eigenvalue weighted by molar-refractivity contribution is 0.699. The van der Waals surface area contributed by atoms with Crippen LogP contribution in [0.25, 0.3) is 5.82 Å². The molecule has 0 spiro atoms. The molecule has 7 nitrogen and oxygen atoms in total. The van der Waals surface area contributed by atoms with Gasteiger partial charge >= 0.3 is 0 Å². The molecule has 0 radical (unpaired) electrons. The predicted octanol–water partition coefficient (Wildman–Crippen LogP) is 3.16. The molecular formula is C21H23N7. The predicted molar refractivity (Wildman–Crippen MR) is 109 cm³/mol. The summed E-state index contributed by atoms with van der Waals surface area (Å²) >= 11 is 0. The summed E-state index contributed by atoms with van der Waals surface area (Å²) in [5.74, 6) is 2.49. The van der Waals surface area contributed by atoms with Crippen LogP contribution in [-0.2, 0) is 13.1 Å². The molecular weight excluding hydrogens is 350 g/mol. The molecule has 0 N–H and O–H groups in total. The highest BCUT2D eigenvalue weighted by Gasteiger charge is 2.11. The summed E-state index contributed by atoms with van der Waals surface area (Å²) < 4.78 is 3.96. The monoisotopic (exact) mass is 373 g/mol. The average molecular weight is 373 g/mol. The maximum atomic E-state index is 4.52. The molecule has 0 atom stereocenters. The zero-order valence-electron chi connectivity index (χ0n) is 16.3. The lowest BCUT2D eigenvalue weighted by Gasteiger charge is -2.18. The fourth-order valence-corrected chi connectivity index (χ4v) is 3.20. The van der Waals surface area contributed by atoms with Crippen LogP contribution in [0.5, 0.6) is 0 Å². The second-order valence-electron chi connectivity index (χ2n) is 6.90. The third-order valence-electron chi connectivity index (χ3n) is 4.63. The van der Waals surface area contributed by atoms with Gasteiger partial charge in [0.15, 0.2) is 11.6 Å². The van der Waals surface area contributed by atoms with E-state index in [1.165, 1.54) is 5.56 Å². The van der Waals surface area contributed by atoms with E-state index in [1.807, 2.05) is 62.5 Å². The van der Waals surface area contributed by atoms with Crippen molar-refractivity contribution in [2.45, 2.75) is 26.9 Å². The van der Waals surface area contributed by atoms with Crippen LogP contribution in [0.2, 0.25) is 0 Å². The molecule has 0 amide bonds. The van der Waals surface area contributed by atoms with Crippen LogP contribution in [0, 0.1) is 13.8 Å². The summed E-state index contributed by atoms with van der Waals surface area (Å²) in [5, 5.41) is 13.2. The average Bonchev–Trinajstić information content (AvgIpc) is 3.28. The molecule has 0 bridgehead atoms. The summed E-state index contributed by atoms with van der Waals surface area (Å²) in [6.07, 6.45) is 3.84. The fraction of sp³-hybridized carbons (Fsp3) is 0.238. The first kappa shape index (κ1) is 17.9. The summed E-state index contributed by atoms with van der Waals surface area (Å²) in [6, 6.07) is 16.3. The van der Waals surface area contributed by atoms with Crippen LogP contribution in [0.3, 0.4) is 0 Å². The molecule has 1 aromatic carbocycles. The van der Waals surface area contributed by atoms with Crippen molar-refractivity contribution in [3.63, 3.8) is 0 Å². The van der Waals surface area contributed by atoms with Gasteiger partial charge in [-0.25, -0.2) is 9.67 Å². The summed E-state index contributed by atoms with van der Waals surface area (Å²) in [6.45, 7) is 5.42. The number of imidazole rings is 1. The number of aryl methyl sites for hydroxylation is 2. The topological polar surface area (TPSA) is 64.7 Å². The number of benzene rings is 1. The van der Waals surface area contributed by atoms with E-state index in [0.29, 0.717) is 12.4 Å². The minimum atomic E-state index is 0.647. The van der Waals surface area contributed by atoms with Crippen molar-refractivity contribution in [1.82, 2.24) is 29.5 Å². The number of aromatic nitrogens is 6. The zero-order chi connectivity index (χ0) is 19.5. The Balaban J connectivity index is 1.48. The van der Waals surface area contributed by atoms with Gasteiger partial charge in [0.1, 0.15) is 5.82 Å². The van der Waals surface area contributed by atoms with Crippen LogP contribution in [-0.4, -0.2) is 36.6 Å². The molecule has 142 valence electrons. The lowest BCUT2D eigenvalue weighted by Crippen LogP contribution is -2.21. The Morgan fingerprint density at radius 3 is 2.50 bits per heavy atom. The van der Waals surface area contributed by atoms with E-state index in [4.69, 9.17) is 0 Å². The minimum Gasteiger partial charge on any atom is -0.351 e. The molecule has 4 aromatic rings. The first-order chi connectivity index (χ1) is 13.6. The Kier molecular flexibility index (Phi) is 4.89. The van der Waals surface area contributed by atoms with Crippen molar-refractivity contribution >= 4 is 5.82 Å². The Morgan fingerprint density at radius 1 is 1.00 bits per heavy atom. The highest BCUT2D eigenvalue weighted by atomic mass is 15.4. The van der Waals surface area contributed by atoms with Gasteiger partial charge in [-0.15, -0.1) is 10.2 Å². The van der Waals surface area contributed by atoms with Gasteiger partial charge in [-0.1, -0.05) is 30.3 Å². The van der Waals surface area contributed by atoms with Crippen molar-refractivity contribution in [3.8, 4) is 5.82 Å². The number of anilines is 1. The molecule has 28 heavy (non-hydrogen) atoms. The summed E-state index contributed by atoms with van der Waals surface area (Å²) in [5.41, 5.74) is 3.25. The quantitative estimate of drug-likeness (QED) is 0.519. The second-order valence-corrected chi connectivity index (χ2v) is 6.90. The number of rotatable bonds is 6. The van der Waals surface area contributed by atoms with Crippen molar-refractivity contribution < 1.29 is 0 Å². The zero-order valence-corrected chi connectivity index (χ0v) is 16.3. The smallest absolute Gasteiger partial charge is 0.176 e. The van der Waals surface area contributed by atoms with E-state index in [-0.39, 0.29) is 0 Å². The molecule has 3 heterocycles. The van der Waals surface area contributed by atoms with Crippen LogP contribution in [0.15, 0.2) is 60.9 Å². The highest BCUT2D eigenvalue weighted by Crippen LogP contribution is 2.15. The van der Waals surface area contributed by atoms with Crippen molar-refractivity contribution in [1.29, 1.82) is 0 Å². The molecule has 0 saturated heterocycles. The Morgan fingerprint density at radius 2 is 1.82 bits per heavy atom. The molecule has 4 rings (SSSR count). The molecule has 0 aliphatic rings.